The van der Waals surface area contributed by atoms with Gasteiger partial charge in [0.25, 0.3) is 0 Å². The van der Waals surface area contributed by atoms with Crippen LogP contribution in [0, 0.1) is 11.3 Å². The molecule has 4 rings (SSSR count). The van der Waals surface area contributed by atoms with E-state index in [-0.39, 0.29) is 29.8 Å². The molecular weight excluding hydrogens is 348 g/mol. The number of carbonyl (C=O) groups is 2. The molecule has 146 valence electrons. The highest BCUT2D eigenvalue weighted by atomic mass is 16.6. The largest absolute Gasteiger partial charge is 0.504 e. The molecule has 0 amide bonds. The number of hydrogen-bond acceptors (Lipinski definition) is 6. The van der Waals surface area contributed by atoms with Gasteiger partial charge in [-0.15, -0.1) is 0 Å². The zero-order valence-electron chi connectivity index (χ0n) is 16.2. The number of ketones is 1. The summed E-state index contributed by atoms with van der Waals surface area (Å²) in [6.45, 7) is 5.69. The Hall–Kier alpha value is -2.08. The molecule has 1 fully saturated rings. The van der Waals surface area contributed by atoms with Gasteiger partial charge in [-0.2, -0.15) is 0 Å². The van der Waals surface area contributed by atoms with E-state index in [9.17, 15) is 19.8 Å². The fraction of sp³-hybridized carbons (Fsp3) is 0.619. The molecule has 2 aliphatic carbocycles. The van der Waals surface area contributed by atoms with Crippen molar-refractivity contribution in [2.24, 2.45) is 11.3 Å². The molecule has 0 spiro atoms. The monoisotopic (exact) mass is 374 g/mol. The van der Waals surface area contributed by atoms with Crippen LogP contribution in [-0.2, 0) is 21.4 Å². The Morgan fingerprint density at radius 2 is 1.93 bits per heavy atom. The van der Waals surface area contributed by atoms with Crippen molar-refractivity contribution in [1.82, 2.24) is 0 Å². The number of Topliss-reactive ketones (excluding diaryl/α,β-unsaturated/α-hetero) is 1. The number of hydrogen-bond donors (Lipinski definition) is 2. The van der Waals surface area contributed by atoms with Crippen LogP contribution in [0.4, 0.5) is 0 Å². The predicted octanol–water partition coefficient (Wildman–Crippen LogP) is 2.81. The van der Waals surface area contributed by atoms with E-state index < -0.39 is 22.9 Å². The molecule has 0 radical (unpaired) electrons. The Morgan fingerprint density at radius 1 is 1.22 bits per heavy atom. The van der Waals surface area contributed by atoms with Gasteiger partial charge in [0.15, 0.2) is 17.6 Å². The first kappa shape index (κ1) is 18.3. The van der Waals surface area contributed by atoms with Crippen LogP contribution in [-0.4, -0.2) is 35.7 Å². The minimum Gasteiger partial charge on any atom is -0.504 e. The molecule has 6 nitrogen and oxygen atoms in total. The summed E-state index contributed by atoms with van der Waals surface area (Å²) in [4.78, 5) is 25.2. The summed E-state index contributed by atoms with van der Waals surface area (Å²) < 4.78 is 10.8. The molecule has 0 bridgehead atoms. The second-order valence-electron chi connectivity index (χ2n) is 8.75. The molecule has 0 saturated heterocycles. The number of esters is 1. The third-order valence-corrected chi connectivity index (χ3v) is 7.20. The fourth-order valence-electron chi connectivity index (χ4n) is 5.90. The van der Waals surface area contributed by atoms with Crippen LogP contribution in [0.15, 0.2) is 0 Å². The number of methoxy groups -OCH3 is 1. The Balaban J connectivity index is 2.02. The molecule has 1 aromatic carbocycles. The average molecular weight is 374 g/mol. The van der Waals surface area contributed by atoms with Crippen molar-refractivity contribution in [2.75, 3.05) is 13.7 Å². The lowest BCUT2D eigenvalue weighted by atomic mass is 9.49. The molecular formula is C21H26O6. The van der Waals surface area contributed by atoms with E-state index in [4.69, 9.17) is 9.47 Å². The molecule has 27 heavy (non-hydrogen) atoms. The molecule has 2 N–H and O–H groups in total. The zero-order chi connectivity index (χ0) is 19.7. The van der Waals surface area contributed by atoms with Gasteiger partial charge in [-0.1, -0.05) is 20.8 Å². The van der Waals surface area contributed by atoms with E-state index >= 15 is 0 Å². The molecule has 1 heterocycles. The average Bonchev–Trinajstić information content (AvgIpc) is 2.95. The molecule has 1 aliphatic heterocycles. The molecule has 6 heteroatoms. The predicted molar refractivity (Wildman–Crippen MR) is 97.1 cm³/mol. The van der Waals surface area contributed by atoms with Crippen molar-refractivity contribution >= 4 is 11.8 Å². The van der Waals surface area contributed by atoms with Gasteiger partial charge in [-0.25, -0.2) is 4.79 Å². The highest BCUT2D eigenvalue weighted by Gasteiger charge is 2.56. The molecule has 3 aliphatic rings. The highest BCUT2D eigenvalue weighted by Crippen LogP contribution is 2.61. The Morgan fingerprint density at radius 3 is 2.56 bits per heavy atom. The lowest BCUT2D eigenvalue weighted by molar-refractivity contribution is -0.137. The van der Waals surface area contributed by atoms with E-state index in [2.05, 4.69) is 6.92 Å². The number of rotatable bonds is 2. The number of phenols is 1. The Kier molecular flexibility index (Phi) is 3.87. The molecule has 1 aromatic rings. The number of ether oxygens (including phenoxy) is 2. The Bertz CT molecular complexity index is 855. The van der Waals surface area contributed by atoms with Crippen LogP contribution >= 0.6 is 0 Å². The minimum absolute atomic E-state index is 0.0142. The van der Waals surface area contributed by atoms with Gasteiger partial charge < -0.3 is 19.7 Å². The van der Waals surface area contributed by atoms with Gasteiger partial charge in [0, 0.05) is 22.8 Å². The van der Waals surface area contributed by atoms with Crippen LogP contribution in [0.1, 0.15) is 73.2 Å². The van der Waals surface area contributed by atoms with E-state index in [0.29, 0.717) is 36.0 Å². The van der Waals surface area contributed by atoms with Crippen LogP contribution < -0.4 is 4.74 Å². The lowest BCUT2D eigenvalue weighted by Crippen LogP contribution is -2.52. The summed E-state index contributed by atoms with van der Waals surface area (Å²) in [6, 6.07) is 0. The van der Waals surface area contributed by atoms with Gasteiger partial charge in [0.2, 0.25) is 0 Å². The van der Waals surface area contributed by atoms with Crippen molar-refractivity contribution in [3.63, 3.8) is 0 Å². The van der Waals surface area contributed by atoms with Crippen LogP contribution in [0.25, 0.3) is 0 Å². The van der Waals surface area contributed by atoms with Crippen LogP contribution in [0.2, 0.25) is 0 Å². The second-order valence-corrected chi connectivity index (χ2v) is 8.75. The summed E-state index contributed by atoms with van der Waals surface area (Å²) >= 11 is 0. The molecule has 0 aromatic heterocycles. The van der Waals surface area contributed by atoms with Gasteiger partial charge in [-0.05, 0) is 30.7 Å². The maximum atomic E-state index is 12.6. The number of phenolic OH excluding ortho intramolecular Hbond substituents is 1. The topological polar surface area (TPSA) is 93.1 Å². The van der Waals surface area contributed by atoms with Crippen LogP contribution in [0.3, 0.4) is 0 Å². The van der Waals surface area contributed by atoms with E-state index in [1.807, 2.05) is 13.8 Å². The lowest BCUT2D eigenvalue weighted by Gasteiger charge is -2.53. The number of aromatic hydroxyl groups is 1. The molecule has 3 atom stereocenters. The van der Waals surface area contributed by atoms with Crippen molar-refractivity contribution < 1.29 is 29.3 Å². The Labute approximate surface area is 158 Å². The summed E-state index contributed by atoms with van der Waals surface area (Å²) in [7, 11) is 1.44. The normalized spacial score (nSPS) is 31.0. The van der Waals surface area contributed by atoms with Gasteiger partial charge in [0.1, 0.15) is 5.78 Å². The summed E-state index contributed by atoms with van der Waals surface area (Å²) in [5.41, 5.74) is 1.44. The number of aliphatic hydroxyl groups is 1. The van der Waals surface area contributed by atoms with Crippen molar-refractivity contribution in [2.45, 2.75) is 58.0 Å². The molecule has 1 unspecified atom stereocenters. The minimum atomic E-state index is -0.825. The number of aliphatic hydroxyl groups excluding tert-OH is 1. The smallest absolute Gasteiger partial charge is 0.339 e. The maximum absolute atomic E-state index is 12.6. The number of cyclic esters (lactones) is 1. The summed E-state index contributed by atoms with van der Waals surface area (Å²) in [6.07, 6.45) is 1.59. The maximum Gasteiger partial charge on any atom is 0.339 e. The molecule has 1 saturated carbocycles. The van der Waals surface area contributed by atoms with Gasteiger partial charge in [0.05, 0.1) is 24.8 Å². The first-order valence-corrected chi connectivity index (χ1v) is 9.49. The standard InChI is InChI=1S/C21H26O6/c1-20(2)12-6-5-10-14-15(11(9-22)27-19(14)25)18(26-4)17(24)16(10)21(12,3)8-7-13(20)23/h11-12,22,24H,5-9H2,1-4H3/t11?,12-,21-/m0/s1. The summed E-state index contributed by atoms with van der Waals surface area (Å²) in [5.74, 6) is 0.0524. The first-order valence-electron chi connectivity index (χ1n) is 9.49. The second kappa shape index (κ2) is 5.71. The van der Waals surface area contributed by atoms with Crippen molar-refractivity contribution in [3.05, 3.63) is 22.3 Å². The zero-order valence-corrected chi connectivity index (χ0v) is 16.2. The number of fused-ring (bicyclic) bond motifs is 5. The quantitative estimate of drug-likeness (QED) is 0.773. The van der Waals surface area contributed by atoms with Gasteiger partial charge in [-0.3, -0.25) is 4.79 Å². The van der Waals surface area contributed by atoms with Crippen molar-refractivity contribution in [3.8, 4) is 11.5 Å². The number of carbonyl (C=O) groups excluding carboxylic acids is 2. The fourth-order valence-corrected chi connectivity index (χ4v) is 5.90. The van der Waals surface area contributed by atoms with Crippen molar-refractivity contribution in [1.29, 1.82) is 0 Å². The summed E-state index contributed by atoms with van der Waals surface area (Å²) in [5, 5.41) is 20.8. The SMILES string of the molecule is COc1c(O)c2c(c3c1C(CO)OC3=O)CC[C@H]1C(C)(C)C(=O)CC[C@]21C. The van der Waals surface area contributed by atoms with Crippen LogP contribution in [0.5, 0.6) is 11.5 Å². The van der Waals surface area contributed by atoms with E-state index in [0.717, 1.165) is 12.0 Å². The van der Waals surface area contributed by atoms with E-state index in [1.165, 1.54) is 7.11 Å². The third kappa shape index (κ3) is 2.16. The first-order chi connectivity index (χ1) is 12.7. The highest BCUT2D eigenvalue weighted by molar-refractivity contribution is 5.98. The van der Waals surface area contributed by atoms with E-state index in [1.54, 1.807) is 0 Å². The number of benzene rings is 1. The third-order valence-electron chi connectivity index (χ3n) is 7.20. The van der Waals surface area contributed by atoms with Gasteiger partial charge >= 0.3 is 5.97 Å².